The number of aliphatic hydroxyl groups excluding tert-OH is 2. The third kappa shape index (κ3) is 44.0. The van der Waals surface area contributed by atoms with Crippen LogP contribution in [0, 0.1) is 0 Å². The van der Waals surface area contributed by atoms with Gasteiger partial charge in [0.15, 0.2) is 6.10 Å². The predicted molar refractivity (Wildman–Crippen MR) is 230 cm³/mol. The van der Waals surface area contributed by atoms with Crippen LogP contribution >= 0.6 is 7.82 Å². The second-order valence-electron chi connectivity index (χ2n) is 14.3. The van der Waals surface area contributed by atoms with Crippen molar-refractivity contribution in [2.75, 3.05) is 26.4 Å². The molecule has 0 aromatic carbocycles. The summed E-state index contributed by atoms with van der Waals surface area (Å²) in [5.74, 6) is -1.06. The monoisotopic (exact) mass is 845 g/mol. The second kappa shape index (κ2) is 44.9. The van der Waals surface area contributed by atoms with Crippen LogP contribution in [0.4, 0.5) is 0 Å². The fourth-order valence-electron chi connectivity index (χ4n) is 5.54. The van der Waals surface area contributed by atoms with Gasteiger partial charge in [-0.05, 0) is 51.4 Å². The molecule has 0 rings (SSSR count). The van der Waals surface area contributed by atoms with Gasteiger partial charge in [-0.15, -0.1) is 0 Å². The summed E-state index contributed by atoms with van der Waals surface area (Å²) in [5.41, 5.74) is 0. The average molecular weight is 845 g/mol. The molecule has 0 aromatic rings. The summed E-state index contributed by atoms with van der Waals surface area (Å²) in [7, 11) is -4.89. The number of rotatable bonds is 40. The van der Waals surface area contributed by atoms with Crippen LogP contribution in [0.5, 0.6) is 0 Å². The quantitative estimate of drug-likeness (QED) is 0.0204. The Labute approximate surface area is 374 Å². The molecule has 12 heteroatoms. The van der Waals surface area contributed by atoms with Crippen LogP contribution in [0.25, 0.3) is 0 Å². The standard InChI is InChI=1S/C46H79O10P.Na/c1-3-5-7-9-11-13-15-17-19-20-21-22-24-26-28-30-32-34-36-38-46(50)56-44(42-55-57(51,52)54-40-43(48)39-47)41-53-45(49)37-35-33-31-29-27-25-23-18-16-14-12-10-8-6-4-2;/h5,7,11,13,17,19,21-22,26,28,32,34,43-44,47-48H,3-4,6,8-10,12,14-16,18,20,23-25,27,29-31,33,35-42H2,1-2H3,(H,51,52);/q;+1/p-1/b7-5-,13-11-,19-17-,22-21-,28-26-,34-32-;/t43?,44-;/m1./s1. The van der Waals surface area contributed by atoms with Gasteiger partial charge in [-0.3, -0.25) is 14.2 Å². The number of carbonyl (C=O) groups excluding carboxylic acids is 2. The zero-order chi connectivity index (χ0) is 41.9. The van der Waals surface area contributed by atoms with Gasteiger partial charge in [0.25, 0.3) is 7.82 Å². The van der Waals surface area contributed by atoms with Crippen LogP contribution in [0.1, 0.15) is 168 Å². The zero-order valence-corrected chi connectivity index (χ0v) is 39.4. The Morgan fingerprint density at radius 1 is 0.569 bits per heavy atom. The third-order valence-corrected chi connectivity index (χ3v) is 9.81. The van der Waals surface area contributed by atoms with Crippen molar-refractivity contribution in [1.29, 1.82) is 0 Å². The van der Waals surface area contributed by atoms with Gasteiger partial charge < -0.3 is 33.6 Å². The van der Waals surface area contributed by atoms with Crippen LogP contribution in [-0.4, -0.2) is 60.8 Å². The molecule has 328 valence electrons. The molecule has 0 aliphatic heterocycles. The summed E-state index contributed by atoms with van der Waals surface area (Å²) in [4.78, 5) is 37.1. The maximum atomic E-state index is 12.6. The Morgan fingerprint density at radius 2 is 0.983 bits per heavy atom. The van der Waals surface area contributed by atoms with E-state index in [4.69, 9.17) is 19.1 Å². The molecule has 0 saturated carbocycles. The number of carbonyl (C=O) groups is 2. The fourth-order valence-corrected chi connectivity index (χ4v) is 6.32. The van der Waals surface area contributed by atoms with Crippen molar-refractivity contribution in [1.82, 2.24) is 0 Å². The van der Waals surface area contributed by atoms with Crippen molar-refractivity contribution < 1.29 is 77.3 Å². The van der Waals surface area contributed by atoms with Crippen LogP contribution in [-0.2, 0) is 32.7 Å². The van der Waals surface area contributed by atoms with Crippen molar-refractivity contribution >= 4 is 19.8 Å². The summed E-state index contributed by atoms with van der Waals surface area (Å²) >= 11 is 0. The van der Waals surface area contributed by atoms with Crippen LogP contribution in [0.15, 0.2) is 72.9 Å². The van der Waals surface area contributed by atoms with E-state index in [2.05, 4.69) is 79.1 Å². The Hall–Kier alpha value is -1.59. The number of hydrogen-bond donors (Lipinski definition) is 2. The third-order valence-electron chi connectivity index (χ3n) is 8.88. The van der Waals surface area contributed by atoms with Crippen molar-refractivity contribution in [3.8, 4) is 0 Å². The van der Waals surface area contributed by atoms with Crippen molar-refractivity contribution in [3.05, 3.63) is 72.9 Å². The molecule has 0 bridgehead atoms. The molecule has 0 heterocycles. The minimum absolute atomic E-state index is 0. The van der Waals surface area contributed by atoms with E-state index in [0.717, 1.165) is 57.8 Å². The first-order chi connectivity index (χ1) is 27.7. The van der Waals surface area contributed by atoms with E-state index in [9.17, 15) is 24.2 Å². The van der Waals surface area contributed by atoms with E-state index in [-0.39, 0.29) is 49.0 Å². The molecule has 3 atom stereocenters. The first kappa shape index (κ1) is 58.5. The topological polar surface area (TPSA) is 152 Å². The normalized spacial score (nSPS) is 14.3. The minimum Gasteiger partial charge on any atom is -0.756 e. The summed E-state index contributed by atoms with van der Waals surface area (Å²) in [6, 6.07) is 0. The van der Waals surface area contributed by atoms with Gasteiger partial charge >= 0.3 is 41.5 Å². The van der Waals surface area contributed by atoms with Crippen LogP contribution < -0.4 is 34.5 Å². The fraction of sp³-hybridized carbons (Fsp3) is 0.696. The summed E-state index contributed by atoms with van der Waals surface area (Å²) in [6.45, 7) is 1.99. The number of esters is 2. The Morgan fingerprint density at radius 3 is 1.43 bits per heavy atom. The first-order valence-electron chi connectivity index (χ1n) is 21.9. The SMILES string of the molecule is CC/C=C\C/C=C\C/C=C\C/C=C\C/C=C\C/C=C\CCC(=O)O[C@H](COC(=O)CCCCCCCCCCCCCCCCC)COP(=O)([O-])OCC(O)CO.[Na+]. The molecule has 0 radical (unpaired) electrons. The smallest absolute Gasteiger partial charge is 0.756 e. The zero-order valence-electron chi connectivity index (χ0n) is 36.5. The van der Waals surface area contributed by atoms with Gasteiger partial charge in [-0.2, -0.15) is 0 Å². The molecular weight excluding hydrogens is 766 g/mol. The van der Waals surface area contributed by atoms with Crippen molar-refractivity contribution in [2.45, 2.75) is 180 Å². The maximum absolute atomic E-state index is 12.6. The van der Waals surface area contributed by atoms with Gasteiger partial charge in [0.2, 0.25) is 0 Å². The molecular formula is C46H78NaO10P. The van der Waals surface area contributed by atoms with E-state index < -0.39 is 51.8 Å². The molecule has 0 fully saturated rings. The number of hydrogen-bond acceptors (Lipinski definition) is 10. The Kier molecular flexibility index (Phi) is 45.3. The number of unbranched alkanes of at least 4 members (excludes halogenated alkanes) is 14. The predicted octanol–water partition coefficient (Wildman–Crippen LogP) is 8.04. The number of ether oxygens (including phenoxy) is 2. The van der Waals surface area contributed by atoms with Gasteiger partial charge in [0.1, 0.15) is 12.7 Å². The molecule has 0 aliphatic rings. The number of aliphatic hydroxyl groups is 2. The summed E-state index contributed by atoms with van der Waals surface area (Å²) < 4.78 is 32.2. The number of phosphoric acid groups is 1. The summed E-state index contributed by atoms with van der Waals surface area (Å²) in [6.07, 6.45) is 47.1. The average Bonchev–Trinajstić information content (AvgIpc) is 3.20. The van der Waals surface area contributed by atoms with Gasteiger partial charge in [-0.1, -0.05) is 177 Å². The van der Waals surface area contributed by atoms with Crippen LogP contribution in [0.3, 0.4) is 0 Å². The van der Waals surface area contributed by atoms with E-state index in [1.807, 2.05) is 12.2 Å². The molecule has 2 unspecified atom stereocenters. The molecule has 58 heavy (non-hydrogen) atoms. The second-order valence-corrected chi connectivity index (χ2v) is 15.7. The van der Waals surface area contributed by atoms with Crippen LogP contribution in [0.2, 0.25) is 0 Å². The molecule has 2 N–H and O–H groups in total. The number of phosphoric ester groups is 1. The summed E-state index contributed by atoms with van der Waals surface area (Å²) in [5, 5.41) is 18.3. The molecule has 0 spiro atoms. The van der Waals surface area contributed by atoms with Crippen molar-refractivity contribution in [2.24, 2.45) is 0 Å². The van der Waals surface area contributed by atoms with E-state index in [0.29, 0.717) is 12.8 Å². The van der Waals surface area contributed by atoms with Gasteiger partial charge in [0.05, 0.1) is 19.8 Å². The Balaban J connectivity index is 0. The minimum atomic E-state index is -4.89. The first-order valence-corrected chi connectivity index (χ1v) is 23.3. The number of allylic oxidation sites excluding steroid dienone is 12. The molecule has 0 amide bonds. The Bertz CT molecular complexity index is 1180. The van der Waals surface area contributed by atoms with Crippen molar-refractivity contribution in [3.63, 3.8) is 0 Å². The van der Waals surface area contributed by atoms with E-state index in [1.165, 1.54) is 70.6 Å². The van der Waals surface area contributed by atoms with E-state index in [1.54, 1.807) is 0 Å². The molecule has 0 saturated heterocycles. The molecule has 10 nitrogen and oxygen atoms in total. The molecule has 0 aliphatic carbocycles. The maximum Gasteiger partial charge on any atom is 1.00 e. The van der Waals surface area contributed by atoms with E-state index >= 15 is 0 Å². The largest absolute Gasteiger partial charge is 1.00 e. The van der Waals surface area contributed by atoms with Gasteiger partial charge in [0, 0.05) is 12.8 Å². The van der Waals surface area contributed by atoms with Gasteiger partial charge in [-0.25, -0.2) is 0 Å². The molecule has 0 aromatic heterocycles.